The van der Waals surface area contributed by atoms with Crippen LogP contribution in [0.1, 0.15) is 35.7 Å². The third-order valence-electron chi connectivity index (χ3n) is 4.98. The quantitative estimate of drug-likeness (QED) is 0.822. The van der Waals surface area contributed by atoms with Crippen LogP contribution in [-0.4, -0.2) is 59.5 Å². The summed E-state index contributed by atoms with van der Waals surface area (Å²) in [5.74, 6) is 1.11. The van der Waals surface area contributed by atoms with Crippen LogP contribution in [0.2, 0.25) is 0 Å². The minimum Gasteiger partial charge on any atom is -0.323 e. The first-order valence-electron chi connectivity index (χ1n) is 8.38. The highest BCUT2D eigenvalue weighted by Crippen LogP contribution is 2.44. The molecule has 0 bridgehead atoms. The number of nitrogens with zero attached hydrogens (tertiary/aromatic N) is 2. The van der Waals surface area contributed by atoms with Crippen LogP contribution in [0, 0.1) is 6.92 Å². The maximum Gasteiger partial charge on any atom is 0.254 e. The number of aryl methyl sites for hydroxylation is 1. The average molecular weight is 369 g/mol. The first kappa shape index (κ1) is 17.8. The Hall–Kier alpha value is -1.05. The van der Waals surface area contributed by atoms with Gasteiger partial charge in [-0.3, -0.25) is 4.79 Å². The molecule has 3 rings (SSSR count). The molecular formula is C17H24N2O3S2. The highest BCUT2D eigenvalue weighted by molar-refractivity contribution is 8.00. The third kappa shape index (κ3) is 3.21. The van der Waals surface area contributed by atoms with E-state index < -0.39 is 10.0 Å². The van der Waals surface area contributed by atoms with E-state index in [2.05, 4.69) is 0 Å². The number of hydrogen-bond donors (Lipinski definition) is 0. The summed E-state index contributed by atoms with van der Waals surface area (Å²) in [7, 11) is -3.14. The van der Waals surface area contributed by atoms with Gasteiger partial charge < -0.3 is 4.90 Å². The average Bonchev–Trinajstić information content (AvgIpc) is 2.98. The van der Waals surface area contributed by atoms with E-state index in [-0.39, 0.29) is 16.5 Å². The van der Waals surface area contributed by atoms with Gasteiger partial charge in [0.2, 0.25) is 10.0 Å². The van der Waals surface area contributed by atoms with Crippen molar-refractivity contribution in [2.45, 2.75) is 31.6 Å². The standard InChI is InChI=1S/C17H24N2O3S2/c1-3-24(21,22)18-10-8-17(9-11-18)19(12-13-23-17)16(20)15-6-4-14(2)5-7-15/h4-7H,3,8-13H2,1-2H3. The third-order valence-corrected chi connectivity index (χ3v) is 8.42. The van der Waals surface area contributed by atoms with Crippen LogP contribution < -0.4 is 0 Å². The van der Waals surface area contributed by atoms with Gasteiger partial charge in [0, 0.05) is 31.0 Å². The van der Waals surface area contributed by atoms with E-state index in [1.54, 1.807) is 23.0 Å². The van der Waals surface area contributed by atoms with Crippen molar-refractivity contribution in [3.63, 3.8) is 0 Å². The number of amides is 1. The van der Waals surface area contributed by atoms with Crippen molar-refractivity contribution in [3.05, 3.63) is 35.4 Å². The van der Waals surface area contributed by atoms with Gasteiger partial charge in [-0.15, -0.1) is 11.8 Å². The van der Waals surface area contributed by atoms with Crippen LogP contribution in [0.3, 0.4) is 0 Å². The van der Waals surface area contributed by atoms with Crippen molar-refractivity contribution < 1.29 is 13.2 Å². The van der Waals surface area contributed by atoms with Crippen molar-refractivity contribution >= 4 is 27.7 Å². The Labute approximate surface area is 148 Å². The van der Waals surface area contributed by atoms with Crippen molar-refractivity contribution in [1.29, 1.82) is 0 Å². The van der Waals surface area contributed by atoms with E-state index in [1.807, 2.05) is 36.1 Å². The van der Waals surface area contributed by atoms with Gasteiger partial charge >= 0.3 is 0 Å². The Morgan fingerprint density at radius 3 is 2.38 bits per heavy atom. The van der Waals surface area contributed by atoms with Gasteiger partial charge in [-0.25, -0.2) is 12.7 Å². The molecule has 2 fully saturated rings. The summed E-state index contributed by atoms with van der Waals surface area (Å²) in [6.07, 6.45) is 1.41. The molecule has 0 atom stereocenters. The van der Waals surface area contributed by atoms with Crippen molar-refractivity contribution in [3.8, 4) is 0 Å². The molecule has 2 saturated heterocycles. The summed E-state index contributed by atoms with van der Waals surface area (Å²) in [4.78, 5) is 14.7. The highest BCUT2D eigenvalue weighted by atomic mass is 32.2. The van der Waals surface area contributed by atoms with Gasteiger partial charge in [0.15, 0.2) is 0 Å². The molecule has 0 unspecified atom stereocenters. The van der Waals surface area contributed by atoms with E-state index in [9.17, 15) is 13.2 Å². The molecule has 0 N–H and O–H groups in total. The van der Waals surface area contributed by atoms with E-state index >= 15 is 0 Å². The van der Waals surface area contributed by atoms with E-state index in [0.717, 1.165) is 17.9 Å². The zero-order chi connectivity index (χ0) is 17.4. The Morgan fingerprint density at radius 2 is 1.79 bits per heavy atom. The summed E-state index contributed by atoms with van der Waals surface area (Å²) in [6, 6.07) is 7.68. The molecule has 2 aliphatic heterocycles. The molecule has 5 nitrogen and oxygen atoms in total. The summed E-state index contributed by atoms with van der Waals surface area (Å²) in [5, 5.41) is 0. The van der Waals surface area contributed by atoms with Crippen LogP contribution in [0.25, 0.3) is 0 Å². The van der Waals surface area contributed by atoms with Crippen LogP contribution in [0.5, 0.6) is 0 Å². The molecule has 0 aliphatic carbocycles. The van der Waals surface area contributed by atoms with Crippen LogP contribution in [-0.2, 0) is 10.0 Å². The first-order chi connectivity index (χ1) is 11.4. The second-order valence-electron chi connectivity index (χ2n) is 6.42. The van der Waals surface area contributed by atoms with Gasteiger partial charge in [-0.2, -0.15) is 0 Å². The van der Waals surface area contributed by atoms with E-state index in [1.165, 1.54) is 0 Å². The van der Waals surface area contributed by atoms with Crippen molar-refractivity contribution in [2.75, 3.05) is 31.1 Å². The van der Waals surface area contributed by atoms with E-state index in [4.69, 9.17) is 0 Å². The fourth-order valence-corrected chi connectivity index (χ4v) is 6.02. The number of hydrogen-bond acceptors (Lipinski definition) is 4. The van der Waals surface area contributed by atoms with E-state index in [0.29, 0.717) is 31.5 Å². The lowest BCUT2D eigenvalue weighted by Crippen LogP contribution is -2.53. The predicted octanol–water partition coefficient (Wildman–Crippen LogP) is 2.33. The molecular weight excluding hydrogens is 344 g/mol. The monoisotopic (exact) mass is 368 g/mol. The van der Waals surface area contributed by atoms with Gasteiger partial charge in [0.25, 0.3) is 5.91 Å². The number of piperidine rings is 1. The number of sulfonamides is 1. The smallest absolute Gasteiger partial charge is 0.254 e. The lowest BCUT2D eigenvalue weighted by Gasteiger charge is -2.43. The fourth-order valence-electron chi connectivity index (χ4n) is 3.46. The second-order valence-corrected chi connectivity index (χ2v) is 10.1. The zero-order valence-corrected chi connectivity index (χ0v) is 15.8. The van der Waals surface area contributed by atoms with Gasteiger partial charge in [0.05, 0.1) is 10.6 Å². The maximum atomic E-state index is 12.9. The summed E-state index contributed by atoms with van der Waals surface area (Å²) >= 11 is 1.80. The molecule has 2 heterocycles. The molecule has 1 aromatic carbocycles. The fraction of sp³-hybridized carbons (Fsp3) is 0.588. The zero-order valence-electron chi connectivity index (χ0n) is 14.2. The first-order valence-corrected chi connectivity index (χ1v) is 11.0. The van der Waals surface area contributed by atoms with Crippen LogP contribution >= 0.6 is 11.8 Å². The van der Waals surface area contributed by atoms with Gasteiger partial charge in [0.1, 0.15) is 0 Å². The normalized spacial score (nSPS) is 21.3. The SMILES string of the molecule is CCS(=O)(=O)N1CCC2(CC1)SCCN2C(=O)c1ccc(C)cc1. The largest absolute Gasteiger partial charge is 0.323 e. The molecule has 2 aliphatic rings. The number of rotatable bonds is 3. The van der Waals surface area contributed by atoms with Gasteiger partial charge in [-0.1, -0.05) is 17.7 Å². The van der Waals surface area contributed by atoms with Crippen LogP contribution in [0.15, 0.2) is 24.3 Å². The van der Waals surface area contributed by atoms with Gasteiger partial charge in [-0.05, 0) is 38.8 Å². The number of benzene rings is 1. The molecule has 24 heavy (non-hydrogen) atoms. The number of carbonyl (C=O) groups excluding carboxylic acids is 1. The van der Waals surface area contributed by atoms with Crippen molar-refractivity contribution in [1.82, 2.24) is 9.21 Å². The predicted molar refractivity (Wildman–Crippen MR) is 97.7 cm³/mol. The minimum atomic E-state index is -3.14. The summed E-state index contributed by atoms with van der Waals surface area (Å²) < 4.78 is 25.7. The second kappa shape index (κ2) is 6.69. The summed E-state index contributed by atoms with van der Waals surface area (Å²) in [6.45, 7) is 5.42. The topological polar surface area (TPSA) is 57.7 Å². The number of carbonyl (C=O) groups is 1. The Bertz CT molecular complexity index is 708. The molecule has 1 amide bonds. The lowest BCUT2D eigenvalue weighted by molar-refractivity contribution is 0.0605. The number of thioether (sulfide) groups is 1. The molecule has 1 spiro atoms. The minimum absolute atomic E-state index is 0.0619. The lowest BCUT2D eigenvalue weighted by atomic mass is 10.0. The summed E-state index contributed by atoms with van der Waals surface area (Å²) in [5.41, 5.74) is 1.85. The highest BCUT2D eigenvalue weighted by Gasteiger charge is 2.47. The molecule has 0 radical (unpaired) electrons. The van der Waals surface area contributed by atoms with Crippen molar-refractivity contribution in [2.24, 2.45) is 0 Å². The Morgan fingerprint density at radius 1 is 1.17 bits per heavy atom. The molecule has 132 valence electrons. The molecule has 0 aromatic heterocycles. The Balaban J connectivity index is 1.76. The molecule has 0 saturated carbocycles. The molecule has 7 heteroatoms. The Kier molecular flexibility index (Phi) is 4.95. The molecule has 1 aromatic rings. The maximum absolute atomic E-state index is 12.9. The van der Waals surface area contributed by atoms with Crippen LogP contribution in [0.4, 0.5) is 0 Å².